The zero-order valence-corrected chi connectivity index (χ0v) is 30.7. The highest BCUT2D eigenvalue weighted by molar-refractivity contribution is 5.12. The third-order valence-corrected chi connectivity index (χ3v) is 9.36. The summed E-state index contributed by atoms with van der Waals surface area (Å²) in [5.41, 5.74) is 4.67. The summed E-state index contributed by atoms with van der Waals surface area (Å²) in [6, 6.07) is 0. The zero-order valence-electron chi connectivity index (χ0n) is 30.7. The van der Waals surface area contributed by atoms with Crippen LogP contribution in [0.15, 0.2) is 60.8 Å². The first-order chi connectivity index (χ1) is 21.5. The summed E-state index contributed by atoms with van der Waals surface area (Å²) < 4.78 is 0. The number of unbranched alkanes of at least 4 members (excludes halogenated alkanes) is 12. The van der Waals surface area contributed by atoms with Gasteiger partial charge in [-0.3, -0.25) is 0 Å². The number of nitrogens with one attached hydrogen (secondary N) is 1. The molecule has 0 spiro atoms. The third-order valence-electron chi connectivity index (χ3n) is 9.36. The van der Waals surface area contributed by atoms with E-state index in [9.17, 15) is 0 Å². The molecule has 1 N–H and O–H groups in total. The molecular weight excluding hydrogens is 530 g/mol. The van der Waals surface area contributed by atoms with Crippen molar-refractivity contribution in [2.45, 2.75) is 188 Å². The lowest BCUT2D eigenvalue weighted by Crippen LogP contribution is -2.06. The molecule has 0 amide bonds. The Morgan fingerprint density at radius 2 is 1.34 bits per heavy atom. The van der Waals surface area contributed by atoms with E-state index in [1.807, 2.05) is 13.1 Å². The van der Waals surface area contributed by atoms with E-state index in [0.29, 0.717) is 0 Å². The third kappa shape index (κ3) is 29.4. The minimum atomic E-state index is 0.862. The van der Waals surface area contributed by atoms with Crippen molar-refractivity contribution in [3.8, 4) is 0 Å². The van der Waals surface area contributed by atoms with Crippen LogP contribution in [0, 0.1) is 11.8 Å². The van der Waals surface area contributed by atoms with E-state index in [1.54, 1.807) is 5.57 Å². The van der Waals surface area contributed by atoms with E-state index >= 15 is 0 Å². The SMILES string of the molecule is C=C(CCCCCCCCCC/C=C\CCCCC)CCC(CCC)CCC(=C)CCC1=CCC(C)C1.C=CCCCNC. The maximum Gasteiger partial charge on any atom is -0.00490 e. The molecule has 0 saturated heterocycles. The summed E-state index contributed by atoms with van der Waals surface area (Å²) in [7, 11) is 1.96. The van der Waals surface area contributed by atoms with Crippen molar-refractivity contribution in [2.24, 2.45) is 11.8 Å². The molecule has 2 unspecified atom stereocenters. The van der Waals surface area contributed by atoms with Gasteiger partial charge in [0.2, 0.25) is 0 Å². The van der Waals surface area contributed by atoms with Crippen LogP contribution in [-0.4, -0.2) is 13.6 Å². The van der Waals surface area contributed by atoms with Crippen LogP contribution in [0.4, 0.5) is 0 Å². The van der Waals surface area contributed by atoms with Gasteiger partial charge in [-0.25, -0.2) is 0 Å². The van der Waals surface area contributed by atoms with E-state index in [1.165, 1.54) is 172 Å². The Morgan fingerprint density at radius 1 is 0.750 bits per heavy atom. The van der Waals surface area contributed by atoms with Gasteiger partial charge in [0, 0.05) is 0 Å². The molecule has 0 bridgehead atoms. The van der Waals surface area contributed by atoms with Gasteiger partial charge >= 0.3 is 0 Å². The van der Waals surface area contributed by atoms with Crippen molar-refractivity contribution in [1.29, 1.82) is 0 Å². The molecule has 0 aliphatic heterocycles. The van der Waals surface area contributed by atoms with Crippen molar-refractivity contribution in [3.05, 3.63) is 60.8 Å². The Bertz CT molecular complexity index is 725. The minimum absolute atomic E-state index is 0.862. The standard InChI is InChI=1S/C37H66.C6H13N/c1-6-8-9-10-11-12-13-14-15-16-17-18-19-20-21-23-33(3)24-28-36(22-7-2)29-25-34(4)26-30-37-31-27-35(5)32-37;1-3-4-5-6-7-2/h11-12,31,35-36H,3-4,6-10,13-30,32H2,1-2,5H3;3,7H,1,4-6H2,2H3/b12-11-;. The second kappa shape index (κ2) is 33.0. The molecule has 0 aromatic heterocycles. The van der Waals surface area contributed by atoms with E-state index < -0.39 is 0 Å². The number of hydrogen-bond acceptors (Lipinski definition) is 1. The van der Waals surface area contributed by atoms with Gasteiger partial charge in [-0.05, 0) is 128 Å². The molecule has 256 valence electrons. The van der Waals surface area contributed by atoms with Gasteiger partial charge in [0.05, 0.1) is 0 Å². The average molecular weight is 610 g/mol. The van der Waals surface area contributed by atoms with Crippen LogP contribution in [0.1, 0.15) is 188 Å². The fourth-order valence-electron chi connectivity index (χ4n) is 6.30. The quantitative estimate of drug-likeness (QED) is 0.0631. The zero-order chi connectivity index (χ0) is 32.5. The monoisotopic (exact) mass is 610 g/mol. The van der Waals surface area contributed by atoms with Crippen LogP contribution < -0.4 is 5.32 Å². The lowest BCUT2D eigenvalue weighted by molar-refractivity contribution is 0.410. The molecule has 0 radical (unpaired) electrons. The van der Waals surface area contributed by atoms with Crippen molar-refractivity contribution in [2.75, 3.05) is 13.6 Å². The van der Waals surface area contributed by atoms with Crippen LogP contribution in [0.2, 0.25) is 0 Å². The molecule has 1 aliphatic rings. The molecule has 2 atom stereocenters. The first-order valence-corrected chi connectivity index (χ1v) is 19.4. The number of hydrogen-bond donors (Lipinski definition) is 1. The molecule has 1 nitrogen and oxygen atoms in total. The first-order valence-electron chi connectivity index (χ1n) is 19.4. The second-order valence-electron chi connectivity index (χ2n) is 14.0. The predicted octanol–water partition coefficient (Wildman–Crippen LogP) is 14.4. The normalized spacial score (nSPS) is 15.2. The Morgan fingerprint density at radius 3 is 1.89 bits per heavy atom. The molecular formula is C43H79N. The van der Waals surface area contributed by atoms with Crippen molar-refractivity contribution in [3.63, 3.8) is 0 Å². The Kier molecular flexibility index (Phi) is 32.0. The molecule has 1 aliphatic carbocycles. The van der Waals surface area contributed by atoms with Crippen LogP contribution in [0.3, 0.4) is 0 Å². The molecule has 0 saturated carbocycles. The fraction of sp³-hybridized carbons (Fsp3) is 0.767. The molecule has 1 heteroatoms. The van der Waals surface area contributed by atoms with E-state index in [0.717, 1.165) is 24.8 Å². The van der Waals surface area contributed by atoms with Gasteiger partial charge in [0.1, 0.15) is 0 Å². The summed E-state index contributed by atoms with van der Waals surface area (Å²) in [6.07, 6.45) is 43.7. The van der Waals surface area contributed by atoms with E-state index in [4.69, 9.17) is 0 Å². The Hall–Kier alpha value is -1.34. The van der Waals surface area contributed by atoms with Crippen molar-refractivity contribution in [1.82, 2.24) is 5.32 Å². The highest BCUT2D eigenvalue weighted by atomic mass is 14.8. The van der Waals surface area contributed by atoms with Gasteiger partial charge in [-0.2, -0.15) is 0 Å². The lowest BCUT2D eigenvalue weighted by Gasteiger charge is -2.18. The van der Waals surface area contributed by atoms with Crippen LogP contribution in [-0.2, 0) is 0 Å². The Balaban J connectivity index is 0.00000234. The highest BCUT2D eigenvalue weighted by Crippen LogP contribution is 2.30. The molecule has 0 fully saturated rings. The maximum atomic E-state index is 4.44. The van der Waals surface area contributed by atoms with Crippen LogP contribution in [0.5, 0.6) is 0 Å². The summed E-state index contributed by atoms with van der Waals surface area (Å²) in [5, 5.41) is 3.05. The van der Waals surface area contributed by atoms with E-state index in [2.05, 4.69) is 64.1 Å². The lowest BCUT2D eigenvalue weighted by atomic mass is 9.88. The van der Waals surface area contributed by atoms with Gasteiger partial charge in [-0.1, -0.05) is 139 Å². The molecule has 0 aromatic carbocycles. The fourth-order valence-corrected chi connectivity index (χ4v) is 6.30. The molecule has 44 heavy (non-hydrogen) atoms. The maximum absolute atomic E-state index is 4.44. The highest BCUT2D eigenvalue weighted by Gasteiger charge is 2.13. The first kappa shape index (κ1) is 42.7. The van der Waals surface area contributed by atoms with Gasteiger partial charge in [0.25, 0.3) is 0 Å². The van der Waals surface area contributed by atoms with Crippen molar-refractivity contribution >= 4 is 0 Å². The minimum Gasteiger partial charge on any atom is -0.320 e. The molecule has 1 rings (SSSR count). The second-order valence-corrected chi connectivity index (χ2v) is 14.0. The molecule has 0 aromatic rings. The van der Waals surface area contributed by atoms with Crippen LogP contribution in [0.25, 0.3) is 0 Å². The number of rotatable bonds is 30. The molecule has 0 heterocycles. The summed E-state index contributed by atoms with van der Waals surface area (Å²) in [6.45, 7) is 20.6. The Labute approximate surface area is 278 Å². The van der Waals surface area contributed by atoms with E-state index in [-0.39, 0.29) is 0 Å². The summed E-state index contributed by atoms with van der Waals surface area (Å²) in [4.78, 5) is 0. The average Bonchev–Trinajstić information content (AvgIpc) is 3.44. The predicted molar refractivity (Wildman–Crippen MR) is 204 cm³/mol. The topological polar surface area (TPSA) is 12.0 Å². The van der Waals surface area contributed by atoms with Crippen molar-refractivity contribution < 1.29 is 0 Å². The number of allylic oxidation sites excluding steroid dienone is 7. The van der Waals surface area contributed by atoms with Gasteiger partial charge in [-0.15, -0.1) is 6.58 Å². The van der Waals surface area contributed by atoms with Gasteiger partial charge in [0.15, 0.2) is 0 Å². The largest absolute Gasteiger partial charge is 0.320 e. The van der Waals surface area contributed by atoms with Crippen LogP contribution >= 0.6 is 0 Å². The van der Waals surface area contributed by atoms with Gasteiger partial charge < -0.3 is 5.32 Å². The smallest absolute Gasteiger partial charge is 0.00490 e. The summed E-state index contributed by atoms with van der Waals surface area (Å²) in [5.74, 6) is 1.73. The summed E-state index contributed by atoms with van der Waals surface area (Å²) >= 11 is 0.